The molecule has 0 saturated heterocycles. The minimum absolute atomic E-state index is 0.617. The lowest BCUT2D eigenvalue weighted by Gasteiger charge is -2.09. The van der Waals surface area contributed by atoms with Crippen LogP contribution in [0.5, 0.6) is 0 Å². The zero-order chi connectivity index (χ0) is 9.97. The molecule has 2 N–H and O–H groups in total. The molecule has 0 aliphatic carbocycles. The lowest BCUT2D eigenvalue weighted by molar-refractivity contribution is 0.224. The molecule has 2 rings (SSSR count). The Labute approximate surface area is 81.6 Å². The number of hydrogen-bond donors (Lipinski definition) is 2. The molecule has 0 radical (unpaired) electrons. The van der Waals surface area contributed by atoms with Gasteiger partial charge < -0.3 is 10.4 Å². The molecule has 1 aromatic heterocycles. The van der Waals surface area contributed by atoms with E-state index in [1.54, 1.807) is 6.92 Å². The number of hydrogen-bond acceptors (Lipinski definition) is 4. The maximum atomic E-state index is 9.19. The van der Waals surface area contributed by atoms with Gasteiger partial charge in [0.2, 0.25) is 0 Å². The predicted molar refractivity (Wildman–Crippen MR) is 54.8 cm³/mol. The highest BCUT2D eigenvalue weighted by Crippen LogP contribution is 2.18. The van der Waals surface area contributed by atoms with E-state index in [2.05, 4.69) is 15.3 Å². The Morgan fingerprint density at radius 2 is 2.07 bits per heavy atom. The van der Waals surface area contributed by atoms with E-state index >= 15 is 0 Å². The molecular weight excluding hydrogens is 178 g/mol. The van der Waals surface area contributed by atoms with E-state index in [-0.39, 0.29) is 0 Å². The largest absolute Gasteiger partial charge is 0.374 e. The van der Waals surface area contributed by atoms with Gasteiger partial charge in [-0.05, 0) is 19.1 Å². The van der Waals surface area contributed by atoms with Crippen molar-refractivity contribution in [3.05, 3.63) is 30.6 Å². The minimum atomic E-state index is -0.617. The third-order valence-corrected chi connectivity index (χ3v) is 1.89. The topological polar surface area (TPSA) is 58.0 Å². The molecule has 0 amide bonds. The summed E-state index contributed by atoms with van der Waals surface area (Å²) in [6.45, 7) is 1.65. The molecule has 4 heteroatoms. The number of fused-ring (bicyclic) bond motifs is 1. The van der Waals surface area contributed by atoms with Gasteiger partial charge in [0, 0.05) is 5.39 Å². The highest BCUT2D eigenvalue weighted by molar-refractivity contribution is 5.88. The minimum Gasteiger partial charge on any atom is -0.374 e. The second-order valence-corrected chi connectivity index (χ2v) is 3.06. The number of para-hydroxylation sites is 1. The van der Waals surface area contributed by atoms with Crippen molar-refractivity contribution < 1.29 is 5.11 Å². The Balaban J connectivity index is 2.53. The summed E-state index contributed by atoms with van der Waals surface area (Å²) in [6.07, 6.45) is 0.862. The highest BCUT2D eigenvalue weighted by Gasteiger charge is 2.03. The van der Waals surface area contributed by atoms with Gasteiger partial charge in [0.25, 0.3) is 0 Å². The van der Waals surface area contributed by atoms with Crippen molar-refractivity contribution in [1.29, 1.82) is 0 Å². The fourth-order valence-corrected chi connectivity index (χ4v) is 1.32. The molecule has 0 bridgehead atoms. The van der Waals surface area contributed by atoms with Gasteiger partial charge >= 0.3 is 0 Å². The van der Waals surface area contributed by atoms with E-state index in [1.807, 2.05) is 24.3 Å². The third kappa shape index (κ3) is 1.65. The summed E-state index contributed by atoms with van der Waals surface area (Å²) < 4.78 is 0. The number of aliphatic hydroxyl groups is 1. The molecule has 0 spiro atoms. The van der Waals surface area contributed by atoms with Crippen LogP contribution in [0.15, 0.2) is 30.6 Å². The van der Waals surface area contributed by atoms with Crippen LogP contribution in [0.25, 0.3) is 10.9 Å². The van der Waals surface area contributed by atoms with Crippen LogP contribution in [0.4, 0.5) is 5.82 Å². The summed E-state index contributed by atoms with van der Waals surface area (Å²) in [4.78, 5) is 8.18. The Kier molecular flexibility index (Phi) is 2.28. The van der Waals surface area contributed by atoms with E-state index in [0.717, 1.165) is 10.9 Å². The smallest absolute Gasteiger partial charge is 0.139 e. The van der Waals surface area contributed by atoms with E-state index in [0.29, 0.717) is 5.82 Å². The molecule has 2 aromatic rings. The Morgan fingerprint density at radius 1 is 1.29 bits per heavy atom. The number of nitrogens with one attached hydrogen (secondary N) is 1. The summed E-state index contributed by atoms with van der Waals surface area (Å²) in [6, 6.07) is 7.66. The summed E-state index contributed by atoms with van der Waals surface area (Å²) in [5.41, 5.74) is 0.866. The molecule has 0 fully saturated rings. The maximum Gasteiger partial charge on any atom is 0.139 e. The number of aromatic nitrogens is 2. The number of nitrogens with zero attached hydrogens (tertiary/aromatic N) is 2. The average molecular weight is 189 g/mol. The van der Waals surface area contributed by atoms with Crippen LogP contribution in [0, 0.1) is 0 Å². The molecule has 4 nitrogen and oxygen atoms in total. The van der Waals surface area contributed by atoms with Crippen LogP contribution in [0.2, 0.25) is 0 Å². The molecule has 1 aromatic carbocycles. The van der Waals surface area contributed by atoms with Gasteiger partial charge in [-0.3, -0.25) is 0 Å². The molecule has 1 unspecified atom stereocenters. The third-order valence-electron chi connectivity index (χ3n) is 1.89. The Bertz CT molecular complexity index is 437. The second kappa shape index (κ2) is 3.59. The van der Waals surface area contributed by atoms with E-state index in [1.165, 1.54) is 6.33 Å². The van der Waals surface area contributed by atoms with Crippen molar-refractivity contribution in [2.45, 2.75) is 13.2 Å². The standard InChI is InChI=1S/C10H11N3O/c1-7(14)13-10-8-4-2-3-5-9(8)11-6-12-10/h2-7,14H,1H3,(H,11,12,13). The first-order valence-corrected chi connectivity index (χ1v) is 4.42. The molecule has 0 aliphatic rings. The highest BCUT2D eigenvalue weighted by atomic mass is 16.3. The van der Waals surface area contributed by atoms with Gasteiger partial charge in [0.05, 0.1) is 5.52 Å². The van der Waals surface area contributed by atoms with Crippen LogP contribution < -0.4 is 5.32 Å². The van der Waals surface area contributed by atoms with Gasteiger partial charge in [-0.2, -0.15) is 0 Å². The van der Waals surface area contributed by atoms with Gasteiger partial charge in [-0.15, -0.1) is 0 Å². The number of aliphatic hydroxyl groups excluding tert-OH is 1. The van der Waals surface area contributed by atoms with Crippen molar-refractivity contribution >= 4 is 16.7 Å². The normalized spacial score (nSPS) is 12.7. The maximum absolute atomic E-state index is 9.19. The van der Waals surface area contributed by atoms with E-state index < -0.39 is 6.23 Å². The Hall–Kier alpha value is -1.68. The van der Waals surface area contributed by atoms with Crippen LogP contribution in [-0.4, -0.2) is 21.3 Å². The van der Waals surface area contributed by atoms with Gasteiger partial charge in [0.1, 0.15) is 18.4 Å². The first-order valence-electron chi connectivity index (χ1n) is 4.42. The molecule has 1 atom stereocenters. The number of rotatable bonds is 2. The first-order chi connectivity index (χ1) is 6.77. The van der Waals surface area contributed by atoms with Crippen LogP contribution in [0.1, 0.15) is 6.92 Å². The van der Waals surface area contributed by atoms with E-state index in [4.69, 9.17) is 0 Å². The average Bonchev–Trinajstić information content (AvgIpc) is 2.18. The summed E-state index contributed by atoms with van der Waals surface area (Å²) in [5, 5.41) is 13.0. The summed E-state index contributed by atoms with van der Waals surface area (Å²) >= 11 is 0. The first kappa shape index (κ1) is 8.90. The zero-order valence-corrected chi connectivity index (χ0v) is 7.81. The quantitative estimate of drug-likeness (QED) is 0.701. The molecule has 1 heterocycles. The zero-order valence-electron chi connectivity index (χ0n) is 7.81. The van der Waals surface area contributed by atoms with Gasteiger partial charge in [-0.1, -0.05) is 12.1 Å². The van der Waals surface area contributed by atoms with Crippen LogP contribution >= 0.6 is 0 Å². The van der Waals surface area contributed by atoms with Gasteiger partial charge in [0.15, 0.2) is 0 Å². The fraction of sp³-hybridized carbons (Fsp3) is 0.200. The lowest BCUT2D eigenvalue weighted by atomic mass is 10.2. The van der Waals surface area contributed by atoms with Crippen LogP contribution in [-0.2, 0) is 0 Å². The van der Waals surface area contributed by atoms with E-state index in [9.17, 15) is 5.11 Å². The molecule has 72 valence electrons. The van der Waals surface area contributed by atoms with Crippen LogP contribution in [0.3, 0.4) is 0 Å². The summed E-state index contributed by atoms with van der Waals surface area (Å²) in [5.74, 6) is 0.658. The Morgan fingerprint density at radius 3 is 2.86 bits per heavy atom. The van der Waals surface area contributed by atoms with Gasteiger partial charge in [-0.25, -0.2) is 9.97 Å². The van der Waals surface area contributed by atoms with Crippen molar-refractivity contribution in [2.24, 2.45) is 0 Å². The van der Waals surface area contributed by atoms with Crippen molar-refractivity contribution in [3.8, 4) is 0 Å². The number of benzene rings is 1. The fourth-order valence-electron chi connectivity index (χ4n) is 1.32. The van der Waals surface area contributed by atoms with Crippen molar-refractivity contribution in [3.63, 3.8) is 0 Å². The monoisotopic (exact) mass is 189 g/mol. The SMILES string of the molecule is CC(O)Nc1ncnc2ccccc12. The molecule has 0 aliphatic heterocycles. The second-order valence-electron chi connectivity index (χ2n) is 3.06. The van der Waals surface area contributed by atoms with Crippen molar-refractivity contribution in [1.82, 2.24) is 9.97 Å². The predicted octanol–water partition coefficient (Wildman–Crippen LogP) is 1.38. The molecule has 0 saturated carbocycles. The lowest BCUT2D eigenvalue weighted by Crippen LogP contribution is -2.14. The molecule has 14 heavy (non-hydrogen) atoms. The summed E-state index contributed by atoms with van der Waals surface area (Å²) in [7, 11) is 0. The molecular formula is C10H11N3O. The number of anilines is 1. The van der Waals surface area contributed by atoms with Crippen molar-refractivity contribution in [2.75, 3.05) is 5.32 Å².